The molecule has 0 atom stereocenters. The number of hydrogen-bond acceptors (Lipinski definition) is 0. The molecule has 2 rings (SSSR count). The molecule has 2 aromatic carbocycles. The fraction of sp³-hybridized carbons (Fsp3) is 0. The van der Waals surface area contributed by atoms with Gasteiger partial charge in [-0.05, 0) is 16.3 Å². The van der Waals surface area contributed by atoms with Gasteiger partial charge in [-0.2, -0.15) is 0 Å². The molecule has 0 heterocycles. The van der Waals surface area contributed by atoms with E-state index in [2.05, 4.69) is 58.4 Å². The molecule has 0 N–H and O–H groups in total. The molecular weight excluding hydrogens is 184 g/mol. The second-order valence-corrected chi connectivity index (χ2v) is 3.72. The maximum absolute atomic E-state index is 2.80. The van der Waals surface area contributed by atoms with Gasteiger partial charge in [0.1, 0.15) is 0 Å². The van der Waals surface area contributed by atoms with E-state index in [1.54, 1.807) is 0 Å². The fourth-order valence-electron chi connectivity index (χ4n) is 1.40. The SMILES string of the molecule is [SiH]=C(c1ccccc1)c1ccccc1. The molecule has 0 aliphatic rings. The lowest BCUT2D eigenvalue weighted by molar-refractivity contribution is 1.62. The summed E-state index contributed by atoms with van der Waals surface area (Å²) in [5.74, 6) is 0. The summed E-state index contributed by atoms with van der Waals surface area (Å²) in [6.07, 6.45) is 0. The average Bonchev–Trinajstić information content (AvgIpc) is 2.30. The van der Waals surface area contributed by atoms with E-state index in [1.807, 2.05) is 12.1 Å². The van der Waals surface area contributed by atoms with E-state index in [0.29, 0.717) is 0 Å². The summed E-state index contributed by atoms with van der Waals surface area (Å²) < 4.78 is 0. The Bertz CT molecular complexity index is 376. The predicted molar refractivity (Wildman–Crippen MR) is 63.2 cm³/mol. The molecule has 1 heteroatoms. The van der Waals surface area contributed by atoms with Gasteiger partial charge in [0.25, 0.3) is 0 Å². The van der Waals surface area contributed by atoms with Crippen molar-refractivity contribution >= 4 is 15.0 Å². The first-order valence-corrected chi connectivity index (χ1v) is 5.19. The van der Waals surface area contributed by atoms with Crippen LogP contribution in [0, 0.1) is 0 Å². The highest BCUT2D eigenvalue weighted by Crippen LogP contribution is 2.07. The van der Waals surface area contributed by atoms with Crippen LogP contribution in [-0.4, -0.2) is 15.0 Å². The third kappa shape index (κ3) is 1.88. The zero-order valence-electron chi connectivity index (χ0n) is 7.85. The largest absolute Gasteiger partial charge is 0.0622 e. The van der Waals surface area contributed by atoms with Crippen LogP contribution < -0.4 is 0 Å². The zero-order valence-corrected chi connectivity index (χ0v) is 9.01. The maximum atomic E-state index is 2.80. The van der Waals surface area contributed by atoms with Crippen molar-refractivity contribution in [1.82, 2.24) is 0 Å². The van der Waals surface area contributed by atoms with Crippen molar-refractivity contribution < 1.29 is 0 Å². The van der Waals surface area contributed by atoms with Gasteiger partial charge in [0.05, 0.1) is 0 Å². The van der Waals surface area contributed by atoms with Crippen molar-refractivity contribution in [1.29, 1.82) is 0 Å². The molecule has 0 bridgehead atoms. The molecule has 0 amide bonds. The number of hydrogen-bond donors (Lipinski definition) is 0. The van der Waals surface area contributed by atoms with Crippen LogP contribution in [0.1, 0.15) is 11.1 Å². The van der Waals surface area contributed by atoms with Crippen molar-refractivity contribution in [2.45, 2.75) is 0 Å². The Labute approximate surface area is 87.3 Å². The molecule has 14 heavy (non-hydrogen) atoms. The van der Waals surface area contributed by atoms with Gasteiger partial charge in [0, 0.05) is 9.85 Å². The second kappa shape index (κ2) is 4.16. The minimum Gasteiger partial charge on any atom is -0.0622 e. The summed E-state index contributed by atoms with van der Waals surface area (Å²) in [5.41, 5.74) is 2.51. The van der Waals surface area contributed by atoms with Gasteiger partial charge in [-0.1, -0.05) is 60.7 Å². The van der Waals surface area contributed by atoms with Crippen LogP contribution in [0.25, 0.3) is 0 Å². The quantitative estimate of drug-likeness (QED) is 0.644. The van der Waals surface area contributed by atoms with Crippen molar-refractivity contribution in [2.75, 3.05) is 0 Å². The standard InChI is InChI=1S/C13H11Si/c14-13(11-7-3-1-4-8-11)12-9-5-2-6-10-12/h1-10,14H. The third-order valence-corrected chi connectivity index (χ3v) is 2.84. The summed E-state index contributed by atoms with van der Waals surface area (Å²) in [5, 5.41) is 1.24. The molecule has 0 unspecified atom stereocenters. The molecular formula is C13H11Si. The molecule has 0 spiro atoms. The van der Waals surface area contributed by atoms with Crippen LogP contribution in [0.4, 0.5) is 0 Å². The summed E-state index contributed by atoms with van der Waals surface area (Å²) >= 11 is 0. The fourth-order valence-corrected chi connectivity index (χ4v) is 1.79. The van der Waals surface area contributed by atoms with E-state index < -0.39 is 0 Å². The van der Waals surface area contributed by atoms with E-state index in [-0.39, 0.29) is 0 Å². The van der Waals surface area contributed by atoms with Crippen molar-refractivity contribution in [3.8, 4) is 0 Å². The first-order valence-electron chi connectivity index (χ1n) is 4.61. The summed E-state index contributed by atoms with van der Waals surface area (Å²) in [4.78, 5) is 0. The van der Waals surface area contributed by atoms with E-state index in [9.17, 15) is 0 Å². The number of benzene rings is 2. The van der Waals surface area contributed by atoms with Gasteiger partial charge in [0.2, 0.25) is 0 Å². The Hall–Kier alpha value is -1.47. The van der Waals surface area contributed by atoms with E-state index in [0.717, 1.165) is 0 Å². The molecule has 0 fully saturated rings. The van der Waals surface area contributed by atoms with Crippen LogP contribution in [0.2, 0.25) is 0 Å². The normalized spacial score (nSPS) is 9.71. The Kier molecular flexibility index (Phi) is 2.70. The molecule has 0 aliphatic heterocycles. The Morgan fingerprint density at radius 2 is 1.00 bits per heavy atom. The third-order valence-electron chi connectivity index (χ3n) is 2.17. The summed E-state index contributed by atoms with van der Waals surface area (Å²) in [6, 6.07) is 20.8. The second-order valence-electron chi connectivity index (χ2n) is 3.15. The van der Waals surface area contributed by atoms with Gasteiger partial charge >= 0.3 is 0 Å². The topological polar surface area (TPSA) is 0 Å². The molecule has 0 nitrogen and oxygen atoms in total. The average molecular weight is 195 g/mol. The van der Waals surface area contributed by atoms with E-state index in [4.69, 9.17) is 0 Å². The highest BCUT2D eigenvalue weighted by molar-refractivity contribution is 6.49. The highest BCUT2D eigenvalue weighted by Gasteiger charge is 1.98. The molecule has 0 saturated carbocycles. The minimum atomic E-state index is 1.24. The lowest BCUT2D eigenvalue weighted by Crippen LogP contribution is -2.02. The van der Waals surface area contributed by atoms with Crippen LogP contribution >= 0.6 is 0 Å². The highest BCUT2D eigenvalue weighted by atomic mass is 28.1. The van der Waals surface area contributed by atoms with Crippen molar-refractivity contribution in [2.24, 2.45) is 0 Å². The molecule has 67 valence electrons. The van der Waals surface area contributed by atoms with Crippen LogP contribution in [0.3, 0.4) is 0 Å². The molecule has 0 aromatic heterocycles. The van der Waals surface area contributed by atoms with Gasteiger partial charge < -0.3 is 0 Å². The van der Waals surface area contributed by atoms with Gasteiger partial charge in [0.15, 0.2) is 0 Å². The monoisotopic (exact) mass is 195 g/mol. The van der Waals surface area contributed by atoms with E-state index in [1.165, 1.54) is 16.3 Å². The first kappa shape index (κ1) is 9.10. The first-order chi connectivity index (χ1) is 6.88. The predicted octanol–water partition coefficient (Wildman–Crippen LogP) is 2.16. The Morgan fingerprint density at radius 3 is 1.36 bits per heavy atom. The van der Waals surface area contributed by atoms with Crippen LogP contribution in [0.15, 0.2) is 60.7 Å². The molecule has 0 aliphatic carbocycles. The number of rotatable bonds is 2. The molecule has 0 saturated heterocycles. The Balaban J connectivity index is 2.35. The van der Waals surface area contributed by atoms with Gasteiger partial charge in [-0.3, -0.25) is 0 Å². The minimum absolute atomic E-state index is 1.24. The molecule has 2 aromatic rings. The van der Waals surface area contributed by atoms with Gasteiger partial charge in [-0.15, -0.1) is 0 Å². The van der Waals surface area contributed by atoms with Gasteiger partial charge in [-0.25, -0.2) is 0 Å². The van der Waals surface area contributed by atoms with Crippen molar-refractivity contribution in [3.63, 3.8) is 0 Å². The van der Waals surface area contributed by atoms with Crippen LogP contribution in [-0.2, 0) is 0 Å². The summed E-state index contributed by atoms with van der Waals surface area (Å²) in [6.45, 7) is 0. The zero-order chi connectivity index (χ0) is 9.80. The smallest absolute Gasteiger partial charge is 0.0117 e. The van der Waals surface area contributed by atoms with E-state index >= 15 is 0 Å². The maximum Gasteiger partial charge on any atom is 0.0117 e. The Morgan fingerprint density at radius 1 is 0.643 bits per heavy atom. The molecule has 1 radical (unpaired) electrons. The lowest BCUT2D eigenvalue weighted by atomic mass is 10.1. The van der Waals surface area contributed by atoms with Crippen LogP contribution in [0.5, 0.6) is 0 Å². The lowest BCUT2D eigenvalue weighted by Gasteiger charge is -2.05. The summed E-state index contributed by atoms with van der Waals surface area (Å²) in [7, 11) is 2.80. The van der Waals surface area contributed by atoms with Crippen molar-refractivity contribution in [3.05, 3.63) is 71.8 Å².